The van der Waals surface area contributed by atoms with Crippen LogP contribution in [0.4, 0.5) is 18.0 Å². The number of alkyl halides is 3. The zero-order chi connectivity index (χ0) is 19.1. The Bertz CT molecular complexity index is 824. The molecule has 0 fully saturated rings. The van der Waals surface area contributed by atoms with Crippen LogP contribution in [-0.2, 0) is 17.3 Å². The number of aromatic nitrogens is 3. The van der Waals surface area contributed by atoms with Gasteiger partial charge in [-0.2, -0.15) is 18.3 Å². The van der Waals surface area contributed by atoms with Crippen LogP contribution in [0.2, 0.25) is 0 Å². The minimum absolute atomic E-state index is 0.262. The van der Waals surface area contributed by atoms with Gasteiger partial charge in [-0.3, -0.25) is 4.98 Å². The van der Waals surface area contributed by atoms with Crippen molar-refractivity contribution in [2.24, 2.45) is 0 Å². The summed E-state index contributed by atoms with van der Waals surface area (Å²) >= 11 is 0. The van der Waals surface area contributed by atoms with Crippen LogP contribution in [-0.4, -0.2) is 26.5 Å². The van der Waals surface area contributed by atoms with Crippen molar-refractivity contribution in [3.8, 4) is 5.69 Å². The van der Waals surface area contributed by atoms with Gasteiger partial charge in [0.15, 0.2) is 0 Å². The third-order valence-electron chi connectivity index (χ3n) is 3.86. The van der Waals surface area contributed by atoms with E-state index in [-0.39, 0.29) is 11.7 Å². The Hall–Kier alpha value is -2.58. The highest BCUT2D eigenvalue weighted by atomic mass is 19.4. The molecule has 2 aromatic rings. The van der Waals surface area contributed by atoms with E-state index in [1.165, 1.54) is 10.7 Å². The molecular formula is C17H19F3N4O2. The highest BCUT2D eigenvalue weighted by molar-refractivity contribution is 5.68. The van der Waals surface area contributed by atoms with Crippen LogP contribution in [0.3, 0.4) is 0 Å². The number of alkyl carbamates (subject to hydrolysis) is 1. The zero-order valence-electron chi connectivity index (χ0n) is 14.6. The van der Waals surface area contributed by atoms with Crippen molar-refractivity contribution in [3.05, 3.63) is 41.5 Å². The first kappa shape index (κ1) is 18.2. The van der Waals surface area contributed by atoms with E-state index in [0.717, 1.165) is 23.5 Å². The van der Waals surface area contributed by atoms with Gasteiger partial charge < -0.3 is 10.1 Å². The first-order valence-electron chi connectivity index (χ1n) is 8.14. The molecule has 6 nitrogen and oxygen atoms in total. The highest BCUT2D eigenvalue weighted by Crippen LogP contribution is 2.32. The number of halogens is 3. The Morgan fingerprint density at radius 2 is 2.08 bits per heavy atom. The lowest BCUT2D eigenvalue weighted by Crippen LogP contribution is -2.34. The Balaban J connectivity index is 1.80. The average Bonchev–Trinajstić information content (AvgIpc) is 3.07. The zero-order valence-corrected chi connectivity index (χ0v) is 14.6. The van der Waals surface area contributed by atoms with Gasteiger partial charge in [-0.25, -0.2) is 9.48 Å². The van der Waals surface area contributed by atoms with Gasteiger partial charge in [0.05, 0.1) is 17.4 Å². The summed E-state index contributed by atoms with van der Waals surface area (Å²) in [5.74, 6) is 0. The summed E-state index contributed by atoms with van der Waals surface area (Å²) in [4.78, 5) is 15.3. The quantitative estimate of drug-likeness (QED) is 0.875. The third-order valence-corrected chi connectivity index (χ3v) is 3.86. The van der Waals surface area contributed by atoms with Crippen LogP contribution in [0.15, 0.2) is 24.5 Å². The summed E-state index contributed by atoms with van der Waals surface area (Å²) in [7, 11) is 0. The number of fused-ring (bicyclic) bond motifs is 1. The topological polar surface area (TPSA) is 69.0 Å². The molecule has 1 atom stereocenters. The largest absolute Gasteiger partial charge is 0.444 e. The van der Waals surface area contributed by atoms with E-state index in [1.807, 2.05) is 0 Å². The maximum atomic E-state index is 12.8. The van der Waals surface area contributed by atoms with Gasteiger partial charge in [0.25, 0.3) is 0 Å². The predicted octanol–water partition coefficient (Wildman–Crippen LogP) is 3.80. The van der Waals surface area contributed by atoms with Crippen molar-refractivity contribution in [3.63, 3.8) is 0 Å². The Morgan fingerprint density at radius 3 is 2.73 bits per heavy atom. The molecule has 0 aliphatic heterocycles. The highest BCUT2D eigenvalue weighted by Gasteiger charge is 2.33. The molecule has 140 valence electrons. The van der Waals surface area contributed by atoms with Gasteiger partial charge in [-0.15, -0.1) is 0 Å². The Kier molecular flexibility index (Phi) is 4.41. The first-order valence-corrected chi connectivity index (χ1v) is 8.14. The number of pyridine rings is 1. The van der Waals surface area contributed by atoms with Gasteiger partial charge in [0.1, 0.15) is 11.3 Å². The molecule has 0 radical (unpaired) electrons. The summed E-state index contributed by atoms with van der Waals surface area (Å²) in [6.07, 6.45) is -1.03. The van der Waals surface area contributed by atoms with Crippen LogP contribution >= 0.6 is 0 Å². The van der Waals surface area contributed by atoms with Gasteiger partial charge >= 0.3 is 12.3 Å². The molecule has 1 aliphatic carbocycles. The number of amides is 1. The number of rotatable bonds is 2. The van der Waals surface area contributed by atoms with E-state index in [0.29, 0.717) is 12.8 Å². The number of hydrogen-bond donors (Lipinski definition) is 1. The molecule has 0 unspecified atom stereocenters. The van der Waals surface area contributed by atoms with Gasteiger partial charge in [-0.05, 0) is 45.7 Å². The number of ether oxygens (including phenoxy) is 1. The molecule has 0 saturated carbocycles. The van der Waals surface area contributed by atoms with E-state index in [1.54, 1.807) is 27.0 Å². The minimum atomic E-state index is -4.52. The molecule has 2 heterocycles. The van der Waals surface area contributed by atoms with E-state index >= 15 is 0 Å². The molecule has 1 amide bonds. The Labute approximate surface area is 148 Å². The van der Waals surface area contributed by atoms with Crippen molar-refractivity contribution in [2.75, 3.05) is 0 Å². The minimum Gasteiger partial charge on any atom is -0.444 e. The Morgan fingerprint density at radius 1 is 1.35 bits per heavy atom. The maximum Gasteiger partial charge on any atom is 0.433 e. The van der Waals surface area contributed by atoms with Crippen LogP contribution < -0.4 is 5.32 Å². The monoisotopic (exact) mass is 368 g/mol. The summed E-state index contributed by atoms with van der Waals surface area (Å²) in [6.45, 7) is 5.31. The maximum absolute atomic E-state index is 12.8. The van der Waals surface area contributed by atoms with Gasteiger partial charge in [0, 0.05) is 18.0 Å². The summed E-state index contributed by atoms with van der Waals surface area (Å²) in [5, 5.41) is 7.13. The lowest BCUT2D eigenvalue weighted by molar-refractivity contribution is -0.141. The number of aryl methyl sites for hydroxylation is 1. The lowest BCUT2D eigenvalue weighted by Gasteiger charge is -2.21. The molecule has 0 saturated heterocycles. The molecule has 0 spiro atoms. The summed E-state index contributed by atoms with van der Waals surface area (Å²) in [6, 6.07) is 2.11. The standard InChI is InChI=1S/C17H19F3N4O2/c1-16(2,3)26-15(25)22-12-4-5-13-11(12)9-24(23-13)10-6-7-21-14(8-10)17(18,19)20/h6-9,12H,4-5H2,1-3H3,(H,22,25)/t12-/m1/s1. The number of carbonyl (C=O) groups excluding carboxylic acids is 1. The molecule has 0 bridgehead atoms. The fourth-order valence-corrected chi connectivity index (χ4v) is 2.79. The van der Waals surface area contributed by atoms with Crippen LogP contribution in [0.5, 0.6) is 0 Å². The fraction of sp³-hybridized carbons (Fsp3) is 0.471. The van der Waals surface area contributed by atoms with Crippen molar-refractivity contribution in [2.45, 2.75) is 51.4 Å². The van der Waals surface area contributed by atoms with Crippen LogP contribution in [0.25, 0.3) is 5.69 Å². The summed E-state index contributed by atoms with van der Waals surface area (Å²) in [5.41, 5.74) is 0.199. The third kappa shape index (κ3) is 3.97. The van der Waals surface area contributed by atoms with Crippen molar-refractivity contribution >= 4 is 6.09 Å². The second-order valence-electron chi connectivity index (χ2n) is 7.11. The molecule has 1 N–H and O–H groups in total. The first-order chi connectivity index (χ1) is 12.0. The van der Waals surface area contributed by atoms with Crippen molar-refractivity contribution < 1.29 is 22.7 Å². The van der Waals surface area contributed by atoms with Crippen LogP contribution in [0, 0.1) is 0 Å². The van der Waals surface area contributed by atoms with Gasteiger partial charge in [0.2, 0.25) is 0 Å². The lowest BCUT2D eigenvalue weighted by atomic mass is 10.2. The van der Waals surface area contributed by atoms with E-state index in [2.05, 4.69) is 15.4 Å². The van der Waals surface area contributed by atoms with E-state index in [9.17, 15) is 18.0 Å². The van der Waals surface area contributed by atoms with Gasteiger partial charge in [-0.1, -0.05) is 0 Å². The van der Waals surface area contributed by atoms with E-state index < -0.39 is 23.6 Å². The number of nitrogens with zero attached hydrogens (tertiary/aromatic N) is 3. The van der Waals surface area contributed by atoms with Crippen LogP contribution in [0.1, 0.15) is 50.2 Å². The smallest absolute Gasteiger partial charge is 0.433 e. The van der Waals surface area contributed by atoms with E-state index in [4.69, 9.17) is 4.74 Å². The molecule has 26 heavy (non-hydrogen) atoms. The molecule has 3 rings (SSSR count). The van der Waals surface area contributed by atoms with Crippen molar-refractivity contribution in [1.29, 1.82) is 0 Å². The summed E-state index contributed by atoms with van der Waals surface area (Å²) < 4.78 is 45.1. The average molecular weight is 368 g/mol. The second-order valence-corrected chi connectivity index (χ2v) is 7.11. The number of hydrogen-bond acceptors (Lipinski definition) is 4. The second kappa shape index (κ2) is 6.30. The van der Waals surface area contributed by atoms with Crippen molar-refractivity contribution in [1.82, 2.24) is 20.1 Å². The predicted molar refractivity (Wildman–Crippen MR) is 86.8 cm³/mol. The number of nitrogens with one attached hydrogen (secondary N) is 1. The molecule has 0 aromatic carbocycles. The molecular weight excluding hydrogens is 349 g/mol. The molecule has 1 aliphatic rings. The normalized spacial score (nSPS) is 17.1. The SMILES string of the molecule is CC(C)(C)OC(=O)N[C@@H]1CCc2nn(-c3ccnc(C(F)(F)F)c3)cc21. The molecule has 2 aromatic heterocycles. The molecule has 9 heteroatoms. The fourth-order valence-electron chi connectivity index (χ4n) is 2.79. The number of carbonyl (C=O) groups is 1.